The summed E-state index contributed by atoms with van der Waals surface area (Å²) in [6, 6.07) is 4.07. The second-order valence-electron chi connectivity index (χ2n) is 6.04. The first-order chi connectivity index (χ1) is 12.7. The molecule has 9 heteroatoms. The minimum absolute atomic E-state index is 0.0750. The highest BCUT2D eigenvalue weighted by Crippen LogP contribution is 2.25. The number of aromatic amines is 1. The van der Waals surface area contributed by atoms with Crippen LogP contribution in [-0.2, 0) is 11.3 Å². The Bertz CT molecular complexity index is 907. The van der Waals surface area contributed by atoms with Crippen LogP contribution >= 0.6 is 11.6 Å². The van der Waals surface area contributed by atoms with Gasteiger partial charge >= 0.3 is 5.97 Å². The number of ether oxygens (including phenoxy) is 1. The molecule has 2 rings (SSSR count). The summed E-state index contributed by atoms with van der Waals surface area (Å²) in [7, 11) is 1.55. The van der Waals surface area contributed by atoms with Crippen molar-refractivity contribution >= 4 is 29.2 Å². The topological polar surface area (TPSA) is 106 Å². The van der Waals surface area contributed by atoms with Gasteiger partial charge in [-0.1, -0.05) is 11.6 Å². The number of non-ortho nitro benzene ring substituents is 1. The number of nitrogens with zero attached hydrogens (tertiary/aromatic N) is 2. The highest BCUT2D eigenvalue weighted by atomic mass is 35.5. The largest absolute Gasteiger partial charge is 0.462 e. The Kier molecular flexibility index (Phi) is 6.22. The van der Waals surface area contributed by atoms with E-state index < -0.39 is 10.9 Å². The van der Waals surface area contributed by atoms with Crippen molar-refractivity contribution in [3.63, 3.8) is 0 Å². The molecule has 0 fully saturated rings. The first-order valence-corrected chi connectivity index (χ1v) is 8.59. The van der Waals surface area contributed by atoms with E-state index >= 15 is 0 Å². The van der Waals surface area contributed by atoms with Gasteiger partial charge in [0, 0.05) is 36.4 Å². The Morgan fingerprint density at radius 2 is 2.00 bits per heavy atom. The number of nitro benzene ring substituents is 1. The molecule has 1 amide bonds. The maximum Gasteiger partial charge on any atom is 0.340 e. The average Bonchev–Trinajstić information content (AvgIpc) is 2.90. The lowest BCUT2D eigenvalue weighted by atomic mass is 10.1. The summed E-state index contributed by atoms with van der Waals surface area (Å²) in [6.45, 7) is 5.37. The van der Waals surface area contributed by atoms with Crippen LogP contribution in [0.5, 0.6) is 0 Å². The number of hydrogen-bond donors (Lipinski definition) is 1. The van der Waals surface area contributed by atoms with Crippen LogP contribution in [0.25, 0.3) is 0 Å². The van der Waals surface area contributed by atoms with Gasteiger partial charge in [-0.3, -0.25) is 14.9 Å². The molecule has 0 spiro atoms. The lowest BCUT2D eigenvalue weighted by Crippen LogP contribution is -2.27. The summed E-state index contributed by atoms with van der Waals surface area (Å²) >= 11 is 6.10. The zero-order valence-electron chi connectivity index (χ0n) is 15.5. The number of nitro groups is 1. The van der Waals surface area contributed by atoms with Gasteiger partial charge in [0.05, 0.1) is 17.1 Å². The number of benzene rings is 1. The van der Waals surface area contributed by atoms with E-state index in [9.17, 15) is 19.7 Å². The number of rotatable bonds is 6. The van der Waals surface area contributed by atoms with Crippen molar-refractivity contribution in [1.29, 1.82) is 0 Å². The van der Waals surface area contributed by atoms with E-state index in [0.717, 1.165) is 0 Å². The fraction of sp³-hybridized carbons (Fsp3) is 0.333. The second kappa shape index (κ2) is 8.22. The predicted octanol–water partition coefficient (Wildman–Crippen LogP) is 3.64. The summed E-state index contributed by atoms with van der Waals surface area (Å²) in [5, 5.41) is 11.3. The van der Waals surface area contributed by atoms with Crippen molar-refractivity contribution < 1.29 is 19.2 Å². The number of aromatic nitrogens is 1. The fourth-order valence-corrected chi connectivity index (χ4v) is 2.96. The average molecular weight is 394 g/mol. The third-order valence-corrected chi connectivity index (χ3v) is 4.49. The molecule has 8 nitrogen and oxygen atoms in total. The molecular formula is C18H20ClN3O5. The summed E-state index contributed by atoms with van der Waals surface area (Å²) in [4.78, 5) is 39.6. The maximum absolute atomic E-state index is 12.8. The Morgan fingerprint density at radius 3 is 2.59 bits per heavy atom. The number of carbonyl (C=O) groups is 2. The van der Waals surface area contributed by atoms with Crippen LogP contribution in [0, 0.1) is 24.0 Å². The molecule has 27 heavy (non-hydrogen) atoms. The molecule has 0 aliphatic carbocycles. The predicted molar refractivity (Wildman–Crippen MR) is 100 cm³/mol. The molecule has 1 aromatic heterocycles. The fourth-order valence-electron chi connectivity index (χ4n) is 2.79. The quantitative estimate of drug-likeness (QED) is 0.458. The Hall–Kier alpha value is -2.87. The van der Waals surface area contributed by atoms with Gasteiger partial charge in [0.2, 0.25) is 0 Å². The summed E-state index contributed by atoms with van der Waals surface area (Å²) < 4.78 is 5.02. The SMILES string of the molecule is CCOC(=O)c1c(C)[nH]c(C(=O)N(C)Cc2cc([N+](=O)[O-])ccc2Cl)c1C. The van der Waals surface area contributed by atoms with E-state index in [0.29, 0.717) is 27.4 Å². The van der Waals surface area contributed by atoms with Crippen LogP contribution in [0.2, 0.25) is 5.02 Å². The number of amides is 1. The van der Waals surface area contributed by atoms with E-state index in [2.05, 4.69) is 4.98 Å². The van der Waals surface area contributed by atoms with Gasteiger partial charge in [0.25, 0.3) is 11.6 Å². The van der Waals surface area contributed by atoms with Crippen LogP contribution in [0.15, 0.2) is 18.2 Å². The standard InChI is InChI=1S/C18H20ClN3O5/c1-5-27-18(24)15-10(2)16(20-11(15)3)17(23)21(4)9-12-8-13(22(25)26)6-7-14(12)19/h6-8,20H,5,9H2,1-4H3. The molecular weight excluding hydrogens is 374 g/mol. The van der Waals surface area contributed by atoms with Crippen LogP contribution in [0.1, 0.15) is 44.6 Å². The van der Waals surface area contributed by atoms with E-state index in [-0.39, 0.29) is 30.4 Å². The zero-order valence-corrected chi connectivity index (χ0v) is 16.2. The van der Waals surface area contributed by atoms with Crippen LogP contribution in [0.4, 0.5) is 5.69 Å². The van der Waals surface area contributed by atoms with Crippen molar-refractivity contribution in [3.8, 4) is 0 Å². The molecule has 0 unspecified atom stereocenters. The lowest BCUT2D eigenvalue weighted by Gasteiger charge is -2.18. The van der Waals surface area contributed by atoms with Crippen molar-refractivity contribution in [3.05, 3.63) is 61.4 Å². The number of nitrogens with one attached hydrogen (secondary N) is 1. The number of aryl methyl sites for hydroxylation is 1. The number of halogens is 1. The second-order valence-corrected chi connectivity index (χ2v) is 6.45. The highest BCUT2D eigenvalue weighted by Gasteiger charge is 2.25. The molecule has 0 atom stereocenters. The molecule has 1 heterocycles. The lowest BCUT2D eigenvalue weighted by molar-refractivity contribution is -0.384. The van der Waals surface area contributed by atoms with E-state index in [4.69, 9.17) is 16.3 Å². The molecule has 144 valence electrons. The summed E-state index contributed by atoms with van der Waals surface area (Å²) in [6.07, 6.45) is 0. The van der Waals surface area contributed by atoms with Gasteiger partial charge in [-0.15, -0.1) is 0 Å². The molecule has 1 N–H and O–H groups in total. The van der Waals surface area contributed by atoms with E-state index in [1.54, 1.807) is 27.8 Å². The number of esters is 1. The van der Waals surface area contributed by atoms with E-state index in [1.165, 1.54) is 23.1 Å². The molecule has 0 aliphatic rings. The Labute approximate surface area is 161 Å². The first-order valence-electron chi connectivity index (χ1n) is 8.21. The minimum Gasteiger partial charge on any atom is -0.462 e. The number of H-pyrrole nitrogens is 1. The third kappa shape index (κ3) is 4.28. The number of carbonyl (C=O) groups excluding carboxylic acids is 2. The van der Waals surface area contributed by atoms with Crippen LogP contribution < -0.4 is 0 Å². The summed E-state index contributed by atoms with van der Waals surface area (Å²) in [5.74, 6) is -0.860. The van der Waals surface area contributed by atoms with Crippen molar-refractivity contribution in [2.45, 2.75) is 27.3 Å². The Morgan fingerprint density at radius 1 is 1.33 bits per heavy atom. The normalized spacial score (nSPS) is 10.6. The van der Waals surface area contributed by atoms with Gasteiger partial charge < -0.3 is 14.6 Å². The molecule has 0 saturated heterocycles. The van der Waals surface area contributed by atoms with Gasteiger partial charge in [-0.05, 0) is 38.0 Å². The number of hydrogen-bond acceptors (Lipinski definition) is 5. The maximum atomic E-state index is 12.8. The zero-order chi connectivity index (χ0) is 20.3. The smallest absolute Gasteiger partial charge is 0.340 e. The molecule has 0 saturated carbocycles. The molecule has 0 aliphatic heterocycles. The van der Waals surface area contributed by atoms with Crippen LogP contribution in [0.3, 0.4) is 0 Å². The van der Waals surface area contributed by atoms with Crippen molar-refractivity contribution in [2.75, 3.05) is 13.7 Å². The minimum atomic E-state index is -0.522. The van der Waals surface area contributed by atoms with Gasteiger partial charge in [-0.2, -0.15) is 0 Å². The first kappa shape index (κ1) is 20.4. The van der Waals surface area contributed by atoms with Crippen LogP contribution in [-0.4, -0.2) is 40.3 Å². The third-order valence-electron chi connectivity index (χ3n) is 4.13. The van der Waals surface area contributed by atoms with Crippen molar-refractivity contribution in [2.24, 2.45) is 0 Å². The monoisotopic (exact) mass is 393 g/mol. The van der Waals surface area contributed by atoms with Gasteiger partial charge in [-0.25, -0.2) is 4.79 Å². The van der Waals surface area contributed by atoms with Gasteiger partial charge in [0.1, 0.15) is 5.69 Å². The van der Waals surface area contributed by atoms with E-state index in [1.807, 2.05) is 0 Å². The van der Waals surface area contributed by atoms with Crippen molar-refractivity contribution in [1.82, 2.24) is 9.88 Å². The molecule has 0 bridgehead atoms. The summed E-state index contributed by atoms with van der Waals surface area (Å²) in [5.41, 5.74) is 1.98. The van der Waals surface area contributed by atoms with Gasteiger partial charge in [0.15, 0.2) is 0 Å². The molecule has 2 aromatic rings. The Balaban J connectivity index is 2.29. The molecule has 1 aromatic carbocycles. The molecule has 0 radical (unpaired) electrons. The highest BCUT2D eigenvalue weighted by molar-refractivity contribution is 6.31.